The minimum Gasteiger partial charge on any atom is -0.478 e. The molecule has 0 spiro atoms. The summed E-state index contributed by atoms with van der Waals surface area (Å²) < 4.78 is 0. The van der Waals surface area contributed by atoms with Crippen LogP contribution in [0, 0.1) is 6.92 Å². The number of carboxylic acid groups (broad SMARTS) is 1. The van der Waals surface area contributed by atoms with Gasteiger partial charge in [-0.3, -0.25) is 14.5 Å². The molecule has 3 N–H and O–H groups in total. The van der Waals surface area contributed by atoms with E-state index in [-0.39, 0.29) is 12.1 Å². The van der Waals surface area contributed by atoms with E-state index in [1.54, 1.807) is 13.0 Å². The molecule has 4 amide bonds. The molecule has 0 saturated carbocycles. The highest BCUT2D eigenvalue weighted by molar-refractivity contribution is 6.06. The largest absolute Gasteiger partial charge is 0.478 e. The Labute approximate surface area is 119 Å². The number of aryl methyl sites for hydroxylation is 1. The number of amides is 4. The van der Waals surface area contributed by atoms with Gasteiger partial charge in [-0.15, -0.1) is 0 Å². The van der Waals surface area contributed by atoms with Crippen molar-refractivity contribution >= 4 is 29.5 Å². The van der Waals surface area contributed by atoms with Crippen LogP contribution in [0.15, 0.2) is 18.2 Å². The van der Waals surface area contributed by atoms with Crippen LogP contribution in [0.25, 0.3) is 0 Å². The van der Waals surface area contributed by atoms with Crippen LogP contribution in [-0.4, -0.2) is 46.9 Å². The van der Waals surface area contributed by atoms with Crippen molar-refractivity contribution in [3.05, 3.63) is 29.3 Å². The van der Waals surface area contributed by atoms with Gasteiger partial charge in [0.25, 0.3) is 5.91 Å². The molecule has 110 valence electrons. The van der Waals surface area contributed by atoms with Gasteiger partial charge in [0, 0.05) is 5.69 Å². The van der Waals surface area contributed by atoms with Crippen LogP contribution in [0.4, 0.5) is 10.5 Å². The van der Waals surface area contributed by atoms with Crippen molar-refractivity contribution in [2.75, 3.05) is 18.4 Å². The van der Waals surface area contributed by atoms with Crippen LogP contribution in [0.5, 0.6) is 0 Å². The molecule has 1 aliphatic heterocycles. The minimum absolute atomic E-state index is 0.0332. The van der Waals surface area contributed by atoms with Gasteiger partial charge in [-0.25, -0.2) is 9.59 Å². The molecule has 0 aromatic heterocycles. The molecule has 0 bridgehead atoms. The molecule has 1 heterocycles. The number of urea groups is 1. The van der Waals surface area contributed by atoms with Crippen LogP contribution < -0.4 is 10.6 Å². The van der Waals surface area contributed by atoms with Gasteiger partial charge in [0.15, 0.2) is 0 Å². The van der Waals surface area contributed by atoms with Crippen molar-refractivity contribution in [1.82, 2.24) is 10.2 Å². The van der Waals surface area contributed by atoms with E-state index in [0.717, 1.165) is 4.90 Å². The van der Waals surface area contributed by atoms with Gasteiger partial charge in [-0.2, -0.15) is 0 Å². The highest BCUT2D eigenvalue weighted by atomic mass is 16.4. The fourth-order valence-corrected chi connectivity index (χ4v) is 1.84. The topological polar surface area (TPSA) is 116 Å². The standard InChI is InChI=1S/C13H13N3O5/c1-7-2-3-8(12(19)20)4-9(7)15-10(17)6-16-11(18)5-14-13(16)21/h2-4H,5-6H2,1H3,(H,14,21)(H,15,17)(H,19,20). The third-order valence-electron chi connectivity index (χ3n) is 3.00. The normalized spacial score (nSPS) is 14.0. The second kappa shape index (κ2) is 5.61. The highest BCUT2D eigenvalue weighted by Crippen LogP contribution is 2.17. The molecule has 1 saturated heterocycles. The zero-order chi connectivity index (χ0) is 15.6. The first kappa shape index (κ1) is 14.5. The monoisotopic (exact) mass is 291 g/mol. The fraction of sp³-hybridized carbons (Fsp3) is 0.231. The van der Waals surface area contributed by atoms with Crippen molar-refractivity contribution in [3.8, 4) is 0 Å². The smallest absolute Gasteiger partial charge is 0.335 e. The summed E-state index contributed by atoms with van der Waals surface area (Å²) in [5.41, 5.74) is 1.03. The maximum absolute atomic E-state index is 11.9. The quantitative estimate of drug-likeness (QED) is 0.684. The van der Waals surface area contributed by atoms with E-state index in [2.05, 4.69) is 10.6 Å². The summed E-state index contributed by atoms with van der Waals surface area (Å²) in [6.45, 7) is 1.16. The second-order valence-electron chi connectivity index (χ2n) is 4.52. The zero-order valence-electron chi connectivity index (χ0n) is 11.2. The number of carbonyl (C=O) groups is 4. The van der Waals surface area contributed by atoms with Crippen molar-refractivity contribution in [1.29, 1.82) is 0 Å². The maximum atomic E-state index is 11.9. The summed E-state index contributed by atoms with van der Waals surface area (Å²) in [6, 6.07) is 3.69. The van der Waals surface area contributed by atoms with Crippen molar-refractivity contribution in [3.63, 3.8) is 0 Å². The average Bonchev–Trinajstić information content (AvgIpc) is 2.73. The molecule has 0 unspecified atom stereocenters. The fourth-order valence-electron chi connectivity index (χ4n) is 1.84. The Morgan fingerprint density at radius 3 is 2.67 bits per heavy atom. The van der Waals surface area contributed by atoms with E-state index < -0.39 is 30.4 Å². The number of anilines is 1. The molecule has 8 nitrogen and oxygen atoms in total. The molecule has 1 aliphatic rings. The number of carbonyl (C=O) groups excluding carboxylic acids is 3. The Balaban J connectivity index is 2.09. The first-order valence-electron chi connectivity index (χ1n) is 6.10. The van der Waals surface area contributed by atoms with Crippen LogP contribution >= 0.6 is 0 Å². The summed E-state index contributed by atoms with van der Waals surface area (Å²) in [5, 5.41) is 13.7. The molecule has 1 aromatic rings. The van der Waals surface area contributed by atoms with E-state index in [0.29, 0.717) is 11.3 Å². The van der Waals surface area contributed by atoms with Gasteiger partial charge >= 0.3 is 12.0 Å². The lowest BCUT2D eigenvalue weighted by atomic mass is 10.1. The predicted octanol–water partition coefficient (Wildman–Crippen LogP) is 0.184. The average molecular weight is 291 g/mol. The lowest BCUT2D eigenvalue weighted by Gasteiger charge is -2.13. The third kappa shape index (κ3) is 3.16. The Hall–Kier alpha value is -2.90. The molecule has 8 heteroatoms. The van der Waals surface area contributed by atoms with Crippen LogP contribution in [0.3, 0.4) is 0 Å². The van der Waals surface area contributed by atoms with Crippen molar-refractivity contribution in [2.45, 2.75) is 6.92 Å². The van der Waals surface area contributed by atoms with E-state index >= 15 is 0 Å². The number of imide groups is 1. The summed E-state index contributed by atoms with van der Waals surface area (Å²) in [5.74, 6) is -2.17. The lowest BCUT2D eigenvalue weighted by molar-refractivity contribution is -0.128. The zero-order valence-corrected chi connectivity index (χ0v) is 11.2. The summed E-state index contributed by atoms with van der Waals surface area (Å²) in [4.78, 5) is 46.2. The van der Waals surface area contributed by atoms with E-state index in [4.69, 9.17) is 5.11 Å². The van der Waals surface area contributed by atoms with Gasteiger partial charge in [0.1, 0.15) is 6.54 Å². The molecular weight excluding hydrogens is 278 g/mol. The molecule has 21 heavy (non-hydrogen) atoms. The SMILES string of the molecule is Cc1ccc(C(=O)O)cc1NC(=O)CN1C(=O)CNC1=O. The Bertz CT molecular complexity index is 625. The van der Waals surface area contributed by atoms with E-state index in [1.807, 2.05) is 0 Å². The summed E-state index contributed by atoms with van der Waals surface area (Å²) in [7, 11) is 0. The number of hydrogen-bond donors (Lipinski definition) is 3. The number of carboxylic acids is 1. The Kier molecular flexibility index (Phi) is 3.88. The predicted molar refractivity (Wildman–Crippen MR) is 71.9 cm³/mol. The number of benzene rings is 1. The van der Waals surface area contributed by atoms with Gasteiger partial charge in [-0.1, -0.05) is 6.07 Å². The molecular formula is C13H13N3O5. The van der Waals surface area contributed by atoms with E-state index in [9.17, 15) is 19.2 Å². The number of rotatable bonds is 4. The Morgan fingerprint density at radius 1 is 1.38 bits per heavy atom. The van der Waals surface area contributed by atoms with Crippen LogP contribution in [0.2, 0.25) is 0 Å². The lowest BCUT2D eigenvalue weighted by Crippen LogP contribution is -2.38. The van der Waals surface area contributed by atoms with Gasteiger partial charge in [-0.05, 0) is 24.6 Å². The first-order chi connectivity index (χ1) is 9.88. The number of aromatic carboxylic acids is 1. The number of hydrogen-bond acceptors (Lipinski definition) is 4. The molecule has 1 aromatic carbocycles. The van der Waals surface area contributed by atoms with Crippen LogP contribution in [0.1, 0.15) is 15.9 Å². The minimum atomic E-state index is -1.11. The Morgan fingerprint density at radius 2 is 2.10 bits per heavy atom. The van der Waals surface area contributed by atoms with Crippen LogP contribution in [-0.2, 0) is 9.59 Å². The first-order valence-corrected chi connectivity index (χ1v) is 6.10. The molecule has 0 atom stereocenters. The van der Waals surface area contributed by atoms with E-state index in [1.165, 1.54) is 12.1 Å². The molecule has 1 fully saturated rings. The highest BCUT2D eigenvalue weighted by Gasteiger charge is 2.30. The summed E-state index contributed by atoms with van der Waals surface area (Å²) >= 11 is 0. The molecule has 2 rings (SSSR count). The van der Waals surface area contributed by atoms with Gasteiger partial charge in [0.2, 0.25) is 5.91 Å². The summed E-state index contributed by atoms with van der Waals surface area (Å²) in [6.07, 6.45) is 0. The molecule has 0 aliphatic carbocycles. The number of nitrogens with zero attached hydrogens (tertiary/aromatic N) is 1. The third-order valence-corrected chi connectivity index (χ3v) is 3.00. The molecule has 0 radical (unpaired) electrons. The van der Waals surface area contributed by atoms with Crippen molar-refractivity contribution < 1.29 is 24.3 Å². The second-order valence-corrected chi connectivity index (χ2v) is 4.52. The van der Waals surface area contributed by atoms with Gasteiger partial charge < -0.3 is 15.7 Å². The van der Waals surface area contributed by atoms with Crippen molar-refractivity contribution in [2.24, 2.45) is 0 Å². The van der Waals surface area contributed by atoms with Gasteiger partial charge in [0.05, 0.1) is 12.1 Å². The number of nitrogens with one attached hydrogen (secondary N) is 2. The maximum Gasteiger partial charge on any atom is 0.335 e.